The van der Waals surface area contributed by atoms with E-state index in [1.165, 1.54) is 4.90 Å². The number of amides is 1. The summed E-state index contributed by atoms with van der Waals surface area (Å²) in [5.41, 5.74) is 1.77. The Bertz CT molecular complexity index is 948. The quantitative estimate of drug-likeness (QED) is 0.620. The Kier molecular flexibility index (Phi) is 8.22. The molecule has 1 heterocycles. The lowest BCUT2D eigenvalue weighted by Crippen LogP contribution is -2.51. The number of likely N-dealkylation sites (tertiary alicyclic amines) is 1. The van der Waals surface area contributed by atoms with Crippen molar-refractivity contribution < 1.29 is 24.2 Å². The lowest BCUT2D eigenvalue weighted by Gasteiger charge is -2.33. The molecule has 1 saturated heterocycles. The van der Waals surface area contributed by atoms with Crippen LogP contribution in [0.2, 0.25) is 0 Å². The molecular weight excluding hydrogens is 420 g/mol. The van der Waals surface area contributed by atoms with E-state index in [-0.39, 0.29) is 24.7 Å². The molecule has 0 aliphatic carbocycles. The zero-order chi connectivity index (χ0) is 24.0. The zero-order valence-electron chi connectivity index (χ0n) is 19.4. The number of hydrogen-bond acceptors (Lipinski definition) is 5. The monoisotopic (exact) mass is 452 g/mol. The average Bonchev–Trinajstić information content (AvgIpc) is 3.17. The van der Waals surface area contributed by atoms with Gasteiger partial charge < -0.3 is 14.7 Å². The minimum atomic E-state index is -0.998. The first-order valence-corrected chi connectivity index (χ1v) is 11.3. The van der Waals surface area contributed by atoms with Crippen molar-refractivity contribution in [2.75, 3.05) is 7.05 Å². The molecule has 176 valence electrons. The van der Waals surface area contributed by atoms with Crippen LogP contribution in [0.1, 0.15) is 37.8 Å². The van der Waals surface area contributed by atoms with Crippen molar-refractivity contribution in [2.45, 2.75) is 58.0 Å². The second kappa shape index (κ2) is 11.1. The molecule has 33 heavy (non-hydrogen) atoms. The van der Waals surface area contributed by atoms with E-state index < -0.39 is 30.2 Å². The summed E-state index contributed by atoms with van der Waals surface area (Å²) in [4.78, 5) is 41.5. The predicted octanol–water partition coefficient (Wildman–Crippen LogP) is 3.97. The second-order valence-corrected chi connectivity index (χ2v) is 8.98. The number of benzene rings is 2. The highest BCUT2D eigenvalue weighted by atomic mass is 16.6. The molecule has 0 saturated carbocycles. The summed E-state index contributed by atoms with van der Waals surface area (Å²) in [6.45, 7) is 4.33. The number of carbonyl (C=O) groups excluding carboxylic acids is 2. The first-order valence-electron chi connectivity index (χ1n) is 11.3. The summed E-state index contributed by atoms with van der Waals surface area (Å²) in [6.07, 6.45) is -0.101. The standard InChI is InChI=1S/C26H32N2O5/c1-18(2)14-23(29)24-21(27(3)26(32)33-17-20-12-8-5-9-13-20)15-22(25(30)31)28(24)16-19-10-6-4-7-11-19/h4-13,18,21-22,24H,14-17H2,1-3H3,(H,30,31)/t21-,22-,24-/m1/s1. The number of Topliss-reactive ketones (excluding diaryl/α,β-unsaturated/α-hetero) is 1. The van der Waals surface area contributed by atoms with Crippen LogP contribution in [0.15, 0.2) is 60.7 Å². The summed E-state index contributed by atoms with van der Waals surface area (Å²) in [5, 5.41) is 9.95. The smallest absolute Gasteiger partial charge is 0.410 e. The summed E-state index contributed by atoms with van der Waals surface area (Å²) < 4.78 is 5.47. The number of likely N-dealkylation sites (N-methyl/N-ethyl adjacent to an activating group) is 1. The Hall–Kier alpha value is -3.19. The highest BCUT2D eigenvalue weighted by Crippen LogP contribution is 2.32. The molecular formula is C26H32N2O5. The van der Waals surface area contributed by atoms with Gasteiger partial charge in [-0.15, -0.1) is 0 Å². The molecule has 1 N–H and O–H groups in total. The summed E-state index contributed by atoms with van der Waals surface area (Å²) >= 11 is 0. The number of carbonyl (C=O) groups is 3. The van der Waals surface area contributed by atoms with Gasteiger partial charge in [0.1, 0.15) is 12.6 Å². The van der Waals surface area contributed by atoms with Crippen molar-refractivity contribution >= 4 is 17.8 Å². The summed E-state index contributed by atoms with van der Waals surface area (Å²) in [7, 11) is 1.58. The van der Waals surface area contributed by atoms with Crippen LogP contribution in [0.25, 0.3) is 0 Å². The highest BCUT2D eigenvalue weighted by Gasteiger charge is 2.50. The summed E-state index contributed by atoms with van der Waals surface area (Å²) in [5.74, 6) is -0.935. The fraction of sp³-hybridized carbons (Fsp3) is 0.423. The number of carboxylic acid groups (broad SMARTS) is 1. The van der Waals surface area contributed by atoms with Gasteiger partial charge in [0, 0.05) is 20.0 Å². The molecule has 0 radical (unpaired) electrons. The molecule has 3 atom stereocenters. The fourth-order valence-corrected chi connectivity index (χ4v) is 4.40. The third kappa shape index (κ3) is 6.20. The van der Waals surface area contributed by atoms with Crippen LogP contribution in [0.3, 0.4) is 0 Å². The minimum absolute atomic E-state index is 0.0580. The van der Waals surface area contributed by atoms with Gasteiger partial charge in [0.25, 0.3) is 0 Å². The van der Waals surface area contributed by atoms with Gasteiger partial charge >= 0.3 is 12.1 Å². The topological polar surface area (TPSA) is 87.1 Å². The van der Waals surface area contributed by atoms with Crippen molar-refractivity contribution in [1.82, 2.24) is 9.80 Å². The van der Waals surface area contributed by atoms with Crippen molar-refractivity contribution in [3.05, 3.63) is 71.8 Å². The molecule has 0 aromatic heterocycles. The number of carboxylic acids is 1. The Morgan fingerprint density at radius 2 is 1.61 bits per heavy atom. The maximum Gasteiger partial charge on any atom is 0.410 e. The van der Waals surface area contributed by atoms with Crippen molar-refractivity contribution in [3.8, 4) is 0 Å². The molecule has 1 fully saturated rings. The number of ether oxygens (including phenoxy) is 1. The van der Waals surface area contributed by atoms with Crippen LogP contribution in [0.4, 0.5) is 4.79 Å². The zero-order valence-corrected chi connectivity index (χ0v) is 19.4. The first kappa shape index (κ1) is 24.5. The molecule has 7 heteroatoms. The van der Waals surface area contributed by atoms with Gasteiger partial charge in [-0.05, 0) is 23.5 Å². The van der Waals surface area contributed by atoms with Crippen LogP contribution < -0.4 is 0 Å². The molecule has 1 aliphatic rings. The molecule has 0 spiro atoms. The Labute approximate surface area is 195 Å². The Morgan fingerprint density at radius 1 is 1.03 bits per heavy atom. The van der Waals surface area contributed by atoms with E-state index in [1.807, 2.05) is 74.5 Å². The SMILES string of the molecule is CC(C)CC(=O)[C@H]1[C@H](N(C)C(=O)OCc2ccccc2)C[C@H](C(=O)O)N1Cc1ccccc1. The van der Waals surface area contributed by atoms with E-state index in [4.69, 9.17) is 4.74 Å². The van der Waals surface area contributed by atoms with E-state index in [1.54, 1.807) is 11.9 Å². The Morgan fingerprint density at radius 3 is 2.15 bits per heavy atom. The van der Waals surface area contributed by atoms with E-state index >= 15 is 0 Å². The van der Waals surface area contributed by atoms with Crippen LogP contribution >= 0.6 is 0 Å². The number of nitrogens with zero attached hydrogens (tertiary/aromatic N) is 2. The molecule has 7 nitrogen and oxygen atoms in total. The highest BCUT2D eigenvalue weighted by molar-refractivity contribution is 5.88. The largest absolute Gasteiger partial charge is 0.480 e. The Balaban J connectivity index is 1.84. The maximum atomic E-state index is 13.3. The number of hydrogen-bond donors (Lipinski definition) is 1. The predicted molar refractivity (Wildman–Crippen MR) is 124 cm³/mol. The fourth-order valence-electron chi connectivity index (χ4n) is 4.40. The molecule has 2 aromatic rings. The van der Waals surface area contributed by atoms with Gasteiger partial charge in [-0.2, -0.15) is 0 Å². The van der Waals surface area contributed by atoms with E-state index in [2.05, 4.69) is 0 Å². The molecule has 0 unspecified atom stereocenters. The number of rotatable bonds is 9. The van der Waals surface area contributed by atoms with E-state index in [0.717, 1.165) is 11.1 Å². The van der Waals surface area contributed by atoms with Gasteiger partial charge in [-0.3, -0.25) is 14.5 Å². The van der Waals surface area contributed by atoms with Gasteiger partial charge in [0.05, 0.1) is 12.1 Å². The summed E-state index contributed by atoms with van der Waals surface area (Å²) in [6, 6.07) is 16.6. The van der Waals surface area contributed by atoms with Crippen LogP contribution in [-0.4, -0.2) is 57.9 Å². The number of aliphatic carboxylic acids is 1. The molecule has 0 bridgehead atoms. The van der Waals surface area contributed by atoms with Crippen molar-refractivity contribution in [3.63, 3.8) is 0 Å². The number of ketones is 1. The normalized spacial score (nSPS) is 20.5. The molecule has 1 aliphatic heterocycles. The third-order valence-corrected chi connectivity index (χ3v) is 6.01. The first-order chi connectivity index (χ1) is 15.8. The van der Waals surface area contributed by atoms with E-state index in [9.17, 15) is 19.5 Å². The lowest BCUT2D eigenvalue weighted by molar-refractivity contribution is -0.143. The molecule has 1 amide bonds. The van der Waals surface area contributed by atoms with Gasteiger partial charge in [-0.1, -0.05) is 74.5 Å². The van der Waals surface area contributed by atoms with Crippen LogP contribution in [-0.2, 0) is 27.5 Å². The lowest BCUT2D eigenvalue weighted by atomic mass is 9.96. The van der Waals surface area contributed by atoms with Crippen LogP contribution in [0.5, 0.6) is 0 Å². The van der Waals surface area contributed by atoms with Gasteiger partial charge in [0.2, 0.25) is 0 Å². The van der Waals surface area contributed by atoms with Gasteiger partial charge in [0.15, 0.2) is 5.78 Å². The average molecular weight is 453 g/mol. The van der Waals surface area contributed by atoms with Gasteiger partial charge in [-0.25, -0.2) is 4.79 Å². The van der Waals surface area contributed by atoms with Crippen molar-refractivity contribution in [1.29, 1.82) is 0 Å². The maximum absolute atomic E-state index is 13.3. The molecule has 3 rings (SSSR count). The third-order valence-electron chi connectivity index (χ3n) is 6.01. The van der Waals surface area contributed by atoms with Crippen LogP contribution in [0, 0.1) is 5.92 Å². The van der Waals surface area contributed by atoms with Crippen molar-refractivity contribution in [2.24, 2.45) is 5.92 Å². The minimum Gasteiger partial charge on any atom is -0.480 e. The second-order valence-electron chi connectivity index (χ2n) is 8.98. The van der Waals surface area contributed by atoms with E-state index in [0.29, 0.717) is 13.0 Å². The molecule has 2 aromatic carbocycles.